The molecule has 1 aliphatic rings. The lowest BCUT2D eigenvalue weighted by Crippen LogP contribution is -2.46. The number of nitrogens with one attached hydrogen (secondary N) is 1. The third-order valence-corrected chi connectivity index (χ3v) is 4.29. The third kappa shape index (κ3) is 3.76. The maximum Gasteiger partial charge on any atom is 0.0401 e. The number of benzene rings is 1. The van der Waals surface area contributed by atoms with E-state index in [9.17, 15) is 0 Å². The fraction of sp³-hybridized carbons (Fsp3) is 0.667. The molecule has 1 atom stereocenters. The topological polar surface area (TPSA) is 15.3 Å². The van der Waals surface area contributed by atoms with Gasteiger partial charge in [-0.2, -0.15) is 0 Å². The highest BCUT2D eigenvalue weighted by Crippen LogP contribution is 2.32. The van der Waals surface area contributed by atoms with Crippen molar-refractivity contribution in [3.05, 3.63) is 29.8 Å². The van der Waals surface area contributed by atoms with E-state index in [1.807, 2.05) is 0 Å². The minimum Gasteiger partial charge on any atom is -0.368 e. The van der Waals surface area contributed by atoms with Gasteiger partial charge in [0.15, 0.2) is 0 Å². The largest absolute Gasteiger partial charge is 0.368 e. The minimum atomic E-state index is 0.299. The van der Waals surface area contributed by atoms with E-state index in [2.05, 4.69) is 62.2 Å². The Morgan fingerprint density at radius 3 is 2.80 bits per heavy atom. The van der Waals surface area contributed by atoms with E-state index in [-0.39, 0.29) is 0 Å². The maximum absolute atomic E-state index is 3.58. The molecule has 1 aliphatic heterocycles. The average Bonchev–Trinajstić information content (AvgIpc) is 2.42. The molecule has 20 heavy (non-hydrogen) atoms. The molecule has 0 aromatic heterocycles. The first kappa shape index (κ1) is 15.4. The molecule has 1 aromatic carbocycles. The number of para-hydroxylation sites is 1. The molecule has 0 bridgehead atoms. The molecule has 0 aliphatic carbocycles. The minimum absolute atomic E-state index is 0.299. The predicted molar refractivity (Wildman–Crippen MR) is 88.5 cm³/mol. The molecule has 2 rings (SSSR count). The lowest BCUT2D eigenvalue weighted by molar-refractivity contribution is 0.327. The van der Waals surface area contributed by atoms with Crippen molar-refractivity contribution in [2.75, 3.05) is 24.5 Å². The van der Waals surface area contributed by atoms with Gasteiger partial charge in [0, 0.05) is 24.8 Å². The van der Waals surface area contributed by atoms with Crippen LogP contribution in [-0.2, 0) is 6.42 Å². The molecule has 1 unspecified atom stereocenters. The molecule has 0 saturated carbocycles. The van der Waals surface area contributed by atoms with Crippen molar-refractivity contribution < 1.29 is 0 Å². The second-order valence-electron chi connectivity index (χ2n) is 6.99. The zero-order chi connectivity index (χ0) is 14.6. The Morgan fingerprint density at radius 2 is 2.05 bits per heavy atom. The maximum atomic E-state index is 3.58. The summed E-state index contributed by atoms with van der Waals surface area (Å²) in [5.41, 5.74) is 3.27. The second-order valence-corrected chi connectivity index (χ2v) is 6.99. The number of hydrogen-bond acceptors (Lipinski definition) is 2. The van der Waals surface area contributed by atoms with E-state index < -0.39 is 0 Å². The summed E-state index contributed by atoms with van der Waals surface area (Å²) in [6.07, 6.45) is 3.71. The summed E-state index contributed by atoms with van der Waals surface area (Å²) in [6, 6.07) is 9.57. The molecule has 1 heterocycles. The number of nitrogens with zero attached hydrogens (tertiary/aromatic N) is 1. The molecule has 0 saturated heterocycles. The van der Waals surface area contributed by atoms with Gasteiger partial charge in [-0.25, -0.2) is 0 Å². The summed E-state index contributed by atoms with van der Waals surface area (Å²) < 4.78 is 0. The molecule has 0 fully saturated rings. The van der Waals surface area contributed by atoms with Gasteiger partial charge in [-0.15, -0.1) is 0 Å². The number of aryl methyl sites for hydroxylation is 1. The van der Waals surface area contributed by atoms with E-state index in [4.69, 9.17) is 0 Å². The van der Waals surface area contributed by atoms with Crippen LogP contribution in [0.4, 0.5) is 5.69 Å². The van der Waals surface area contributed by atoms with Crippen molar-refractivity contribution in [2.24, 2.45) is 5.41 Å². The highest BCUT2D eigenvalue weighted by atomic mass is 15.2. The van der Waals surface area contributed by atoms with Gasteiger partial charge < -0.3 is 10.2 Å². The first-order valence-electron chi connectivity index (χ1n) is 8.09. The predicted octanol–water partition coefficient (Wildman–Crippen LogP) is 3.85. The van der Waals surface area contributed by atoms with E-state index in [0.29, 0.717) is 11.5 Å². The third-order valence-electron chi connectivity index (χ3n) is 4.29. The highest BCUT2D eigenvalue weighted by Gasteiger charge is 2.28. The van der Waals surface area contributed by atoms with E-state index in [0.717, 1.165) is 19.6 Å². The number of rotatable bonds is 6. The van der Waals surface area contributed by atoms with Gasteiger partial charge in [0.2, 0.25) is 0 Å². The van der Waals surface area contributed by atoms with Gasteiger partial charge >= 0.3 is 0 Å². The van der Waals surface area contributed by atoms with Gasteiger partial charge in [0.25, 0.3) is 0 Å². The van der Waals surface area contributed by atoms with Crippen molar-refractivity contribution in [3.63, 3.8) is 0 Å². The van der Waals surface area contributed by atoms with Crippen LogP contribution in [0.1, 0.15) is 46.1 Å². The van der Waals surface area contributed by atoms with Crippen molar-refractivity contribution in [1.29, 1.82) is 0 Å². The fourth-order valence-corrected chi connectivity index (χ4v) is 3.12. The number of hydrogen-bond donors (Lipinski definition) is 1. The molecule has 0 radical (unpaired) electrons. The summed E-state index contributed by atoms with van der Waals surface area (Å²) in [4.78, 5) is 2.62. The zero-order valence-electron chi connectivity index (χ0n) is 13.6. The van der Waals surface area contributed by atoms with Crippen LogP contribution >= 0.6 is 0 Å². The number of anilines is 1. The van der Waals surface area contributed by atoms with Crippen LogP contribution in [0.25, 0.3) is 0 Å². The molecule has 112 valence electrons. The Balaban J connectivity index is 2.07. The van der Waals surface area contributed by atoms with Crippen molar-refractivity contribution in [1.82, 2.24) is 5.32 Å². The lowest BCUT2D eigenvalue weighted by Gasteiger charge is -2.42. The molecule has 0 amide bonds. The van der Waals surface area contributed by atoms with Gasteiger partial charge in [-0.1, -0.05) is 39.0 Å². The second kappa shape index (κ2) is 6.62. The molecule has 2 heteroatoms. The van der Waals surface area contributed by atoms with Crippen molar-refractivity contribution in [2.45, 2.75) is 53.0 Å². The molecule has 0 spiro atoms. The molecular weight excluding hydrogens is 244 g/mol. The number of fused-ring (bicyclic) bond motifs is 1. The zero-order valence-corrected chi connectivity index (χ0v) is 13.6. The summed E-state index contributed by atoms with van der Waals surface area (Å²) in [5.74, 6) is 0. The first-order chi connectivity index (χ1) is 9.53. The SMILES string of the molecule is CCCNCC(C)(C)CN1c2ccccc2CCC1C. The monoisotopic (exact) mass is 274 g/mol. The van der Waals surface area contributed by atoms with E-state index in [1.54, 1.807) is 0 Å². The first-order valence-corrected chi connectivity index (χ1v) is 8.09. The van der Waals surface area contributed by atoms with Crippen LogP contribution in [0.3, 0.4) is 0 Å². The fourth-order valence-electron chi connectivity index (χ4n) is 3.12. The summed E-state index contributed by atoms with van der Waals surface area (Å²) in [5, 5.41) is 3.58. The van der Waals surface area contributed by atoms with E-state index in [1.165, 1.54) is 30.5 Å². The van der Waals surface area contributed by atoms with Crippen LogP contribution < -0.4 is 10.2 Å². The summed E-state index contributed by atoms with van der Waals surface area (Å²) >= 11 is 0. The van der Waals surface area contributed by atoms with Gasteiger partial charge in [-0.05, 0) is 49.8 Å². The average molecular weight is 274 g/mol. The smallest absolute Gasteiger partial charge is 0.0401 e. The Morgan fingerprint density at radius 1 is 1.30 bits per heavy atom. The summed E-state index contributed by atoms with van der Waals surface area (Å²) in [6.45, 7) is 12.7. The van der Waals surface area contributed by atoms with Crippen LogP contribution in [0.15, 0.2) is 24.3 Å². The Kier molecular flexibility index (Phi) is 5.09. The van der Waals surface area contributed by atoms with Crippen LogP contribution in [-0.4, -0.2) is 25.7 Å². The van der Waals surface area contributed by atoms with Gasteiger partial charge in [0.05, 0.1) is 0 Å². The van der Waals surface area contributed by atoms with Crippen LogP contribution in [0, 0.1) is 5.41 Å². The quantitative estimate of drug-likeness (QED) is 0.793. The molecule has 2 nitrogen and oxygen atoms in total. The lowest BCUT2D eigenvalue weighted by atomic mass is 9.88. The molecule has 1 aromatic rings. The van der Waals surface area contributed by atoms with Crippen LogP contribution in [0.5, 0.6) is 0 Å². The Bertz CT molecular complexity index is 425. The van der Waals surface area contributed by atoms with Crippen LogP contribution in [0.2, 0.25) is 0 Å². The Hall–Kier alpha value is -1.02. The van der Waals surface area contributed by atoms with Gasteiger partial charge in [0.1, 0.15) is 0 Å². The van der Waals surface area contributed by atoms with Gasteiger partial charge in [-0.3, -0.25) is 0 Å². The highest BCUT2D eigenvalue weighted by molar-refractivity contribution is 5.56. The summed E-state index contributed by atoms with van der Waals surface area (Å²) in [7, 11) is 0. The molecule has 1 N–H and O–H groups in total. The van der Waals surface area contributed by atoms with Crippen molar-refractivity contribution >= 4 is 5.69 Å². The Labute approximate surface area is 124 Å². The van der Waals surface area contributed by atoms with Crippen molar-refractivity contribution in [3.8, 4) is 0 Å². The van der Waals surface area contributed by atoms with E-state index >= 15 is 0 Å². The standard InChI is InChI=1S/C18H30N2/c1-5-12-19-13-18(3,4)14-20-15(2)10-11-16-8-6-7-9-17(16)20/h6-9,15,19H,5,10-14H2,1-4H3. The molecular formula is C18H30N2. The normalized spacial score (nSPS) is 19.0.